The normalized spacial score (nSPS) is 30.6. The van der Waals surface area contributed by atoms with Crippen LogP contribution in [-0.2, 0) is 9.53 Å². The highest BCUT2D eigenvalue weighted by Crippen LogP contribution is 2.19. The number of allylic oxidation sites excluding steroid dienone is 1. The molecule has 0 aromatic heterocycles. The van der Waals surface area contributed by atoms with E-state index in [4.69, 9.17) is 4.74 Å². The molecule has 0 radical (unpaired) electrons. The summed E-state index contributed by atoms with van der Waals surface area (Å²) in [6.45, 7) is 3.55. The number of ether oxygens (including phenoxy) is 1. The summed E-state index contributed by atoms with van der Waals surface area (Å²) in [6, 6.07) is 0. The molecule has 0 amide bonds. The summed E-state index contributed by atoms with van der Waals surface area (Å²) in [7, 11) is 0. The Bertz CT molecular complexity index is 161. The molecule has 1 aliphatic rings. The van der Waals surface area contributed by atoms with Crippen LogP contribution in [0.1, 0.15) is 20.3 Å². The van der Waals surface area contributed by atoms with E-state index in [-0.39, 0.29) is 12.1 Å². The van der Waals surface area contributed by atoms with Crippen LogP contribution in [0.25, 0.3) is 0 Å². The summed E-state index contributed by atoms with van der Waals surface area (Å²) in [4.78, 5) is 10.5. The Morgan fingerprint density at radius 3 is 2.70 bits per heavy atom. The van der Waals surface area contributed by atoms with Crippen molar-refractivity contribution in [3.63, 3.8) is 0 Å². The Labute approximate surface area is 60.9 Å². The summed E-state index contributed by atoms with van der Waals surface area (Å²) in [5, 5.41) is 0. The van der Waals surface area contributed by atoms with Crippen molar-refractivity contribution in [2.24, 2.45) is 5.92 Å². The van der Waals surface area contributed by atoms with Crippen LogP contribution in [0.2, 0.25) is 0 Å². The van der Waals surface area contributed by atoms with E-state index in [1.807, 2.05) is 6.08 Å². The highest BCUT2D eigenvalue weighted by molar-refractivity contribution is 5.66. The fraction of sp³-hybridized carbons (Fsp3) is 0.625. The zero-order valence-electron chi connectivity index (χ0n) is 6.33. The van der Waals surface area contributed by atoms with E-state index in [1.54, 1.807) is 0 Å². The third-order valence-electron chi connectivity index (χ3n) is 1.58. The van der Waals surface area contributed by atoms with Gasteiger partial charge < -0.3 is 4.74 Å². The van der Waals surface area contributed by atoms with Crippen LogP contribution in [-0.4, -0.2) is 12.1 Å². The van der Waals surface area contributed by atoms with Crippen molar-refractivity contribution >= 4 is 5.97 Å². The van der Waals surface area contributed by atoms with Crippen molar-refractivity contribution in [1.82, 2.24) is 0 Å². The van der Waals surface area contributed by atoms with E-state index in [0.717, 1.165) is 6.42 Å². The van der Waals surface area contributed by atoms with Gasteiger partial charge in [0.2, 0.25) is 0 Å². The molecule has 0 N–H and O–H groups in total. The molecule has 0 bridgehead atoms. The highest BCUT2D eigenvalue weighted by Gasteiger charge is 2.16. The van der Waals surface area contributed by atoms with Crippen LogP contribution in [0.4, 0.5) is 0 Å². The lowest BCUT2D eigenvalue weighted by Crippen LogP contribution is -2.11. The highest BCUT2D eigenvalue weighted by atomic mass is 16.5. The topological polar surface area (TPSA) is 26.3 Å². The molecule has 1 aliphatic carbocycles. The third-order valence-corrected chi connectivity index (χ3v) is 1.58. The lowest BCUT2D eigenvalue weighted by atomic mass is 10.1. The predicted molar refractivity (Wildman–Crippen MR) is 38.5 cm³/mol. The molecule has 56 valence electrons. The van der Waals surface area contributed by atoms with Gasteiger partial charge in [0.1, 0.15) is 6.10 Å². The maximum Gasteiger partial charge on any atom is 0.303 e. The van der Waals surface area contributed by atoms with Crippen LogP contribution >= 0.6 is 0 Å². The van der Waals surface area contributed by atoms with Crippen LogP contribution in [0.15, 0.2) is 12.2 Å². The van der Waals surface area contributed by atoms with E-state index in [1.165, 1.54) is 6.92 Å². The SMILES string of the molecule is CC(=O)O[C@H]1C=C[C@H](C)C1. The zero-order valence-corrected chi connectivity index (χ0v) is 6.33. The van der Waals surface area contributed by atoms with Crippen molar-refractivity contribution in [3.05, 3.63) is 12.2 Å². The molecule has 0 heterocycles. The first-order chi connectivity index (χ1) is 4.68. The predicted octanol–water partition coefficient (Wildman–Crippen LogP) is 1.51. The summed E-state index contributed by atoms with van der Waals surface area (Å²) in [6.07, 6.45) is 5.01. The number of esters is 1. The quantitative estimate of drug-likeness (QED) is 0.407. The lowest BCUT2D eigenvalue weighted by Gasteiger charge is -2.08. The molecule has 0 unspecified atom stereocenters. The van der Waals surface area contributed by atoms with Gasteiger partial charge in [-0.15, -0.1) is 0 Å². The smallest absolute Gasteiger partial charge is 0.303 e. The van der Waals surface area contributed by atoms with Crippen molar-refractivity contribution in [2.45, 2.75) is 26.4 Å². The van der Waals surface area contributed by atoms with Gasteiger partial charge in [-0.05, 0) is 18.4 Å². The van der Waals surface area contributed by atoms with Crippen molar-refractivity contribution in [3.8, 4) is 0 Å². The first kappa shape index (κ1) is 7.32. The maximum absolute atomic E-state index is 10.5. The van der Waals surface area contributed by atoms with Gasteiger partial charge in [0.25, 0.3) is 0 Å². The molecule has 0 aromatic rings. The largest absolute Gasteiger partial charge is 0.458 e. The molecule has 10 heavy (non-hydrogen) atoms. The van der Waals surface area contributed by atoms with E-state index < -0.39 is 0 Å². The Kier molecular flexibility index (Phi) is 2.10. The molecular weight excluding hydrogens is 128 g/mol. The molecule has 0 spiro atoms. The van der Waals surface area contributed by atoms with Crippen LogP contribution in [0, 0.1) is 5.92 Å². The van der Waals surface area contributed by atoms with Crippen molar-refractivity contribution < 1.29 is 9.53 Å². The zero-order chi connectivity index (χ0) is 7.56. The summed E-state index contributed by atoms with van der Waals surface area (Å²) >= 11 is 0. The van der Waals surface area contributed by atoms with Crippen molar-refractivity contribution in [1.29, 1.82) is 0 Å². The Balaban J connectivity index is 2.33. The first-order valence-corrected chi connectivity index (χ1v) is 3.54. The minimum absolute atomic E-state index is 0.0347. The minimum atomic E-state index is -0.191. The Morgan fingerprint density at radius 1 is 1.60 bits per heavy atom. The van der Waals surface area contributed by atoms with Crippen LogP contribution in [0.5, 0.6) is 0 Å². The molecule has 0 aromatic carbocycles. The van der Waals surface area contributed by atoms with E-state index in [0.29, 0.717) is 5.92 Å². The standard InChI is InChI=1S/C8H12O2/c1-6-3-4-8(5-6)10-7(2)9/h3-4,6,8H,5H2,1-2H3/t6-,8-/m0/s1. The van der Waals surface area contributed by atoms with E-state index in [9.17, 15) is 4.79 Å². The second-order valence-electron chi connectivity index (χ2n) is 2.75. The number of hydrogen-bond donors (Lipinski definition) is 0. The minimum Gasteiger partial charge on any atom is -0.458 e. The molecule has 2 atom stereocenters. The van der Waals surface area contributed by atoms with Gasteiger partial charge in [0.15, 0.2) is 0 Å². The number of hydrogen-bond acceptors (Lipinski definition) is 2. The molecular formula is C8H12O2. The molecule has 0 aliphatic heterocycles. The average molecular weight is 140 g/mol. The fourth-order valence-corrected chi connectivity index (χ4v) is 1.14. The van der Waals surface area contributed by atoms with E-state index >= 15 is 0 Å². The first-order valence-electron chi connectivity index (χ1n) is 3.54. The Hall–Kier alpha value is -0.790. The van der Waals surface area contributed by atoms with E-state index in [2.05, 4.69) is 13.0 Å². The average Bonchev–Trinajstić information content (AvgIpc) is 2.13. The number of carbonyl (C=O) groups is 1. The lowest BCUT2D eigenvalue weighted by molar-refractivity contribution is -0.144. The van der Waals surface area contributed by atoms with Crippen molar-refractivity contribution in [2.75, 3.05) is 0 Å². The van der Waals surface area contributed by atoms with Gasteiger partial charge in [-0.25, -0.2) is 0 Å². The number of rotatable bonds is 1. The molecule has 2 heteroatoms. The number of carbonyl (C=O) groups excluding carboxylic acids is 1. The second kappa shape index (κ2) is 2.86. The molecule has 0 saturated heterocycles. The monoisotopic (exact) mass is 140 g/mol. The van der Waals surface area contributed by atoms with Gasteiger partial charge in [-0.1, -0.05) is 13.0 Å². The maximum atomic E-state index is 10.5. The fourth-order valence-electron chi connectivity index (χ4n) is 1.14. The van der Waals surface area contributed by atoms with Gasteiger partial charge in [-0.3, -0.25) is 4.79 Å². The summed E-state index contributed by atoms with van der Waals surface area (Å²) in [5.74, 6) is 0.369. The Morgan fingerprint density at radius 2 is 2.30 bits per heavy atom. The van der Waals surface area contributed by atoms with Crippen LogP contribution < -0.4 is 0 Å². The molecule has 1 rings (SSSR count). The van der Waals surface area contributed by atoms with Gasteiger partial charge in [-0.2, -0.15) is 0 Å². The summed E-state index contributed by atoms with van der Waals surface area (Å²) < 4.78 is 4.96. The van der Waals surface area contributed by atoms with Crippen LogP contribution in [0.3, 0.4) is 0 Å². The van der Waals surface area contributed by atoms with Gasteiger partial charge in [0.05, 0.1) is 0 Å². The summed E-state index contributed by atoms with van der Waals surface area (Å²) in [5.41, 5.74) is 0. The third kappa shape index (κ3) is 1.87. The molecule has 0 saturated carbocycles. The van der Waals surface area contributed by atoms with Gasteiger partial charge in [0, 0.05) is 6.92 Å². The van der Waals surface area contributed by atoms with Gasteiger partial charge >= 0.3 is 5.97 Å². The molecule has 0 fully saturated rings. The second-order valence-corrected chi connectivity index (χ2v) is 2.75. The molecule has 2 nitrogen and oxygen atoms in total.